The molecule has 2 aromatic rings. The summed E-state index contributed by atoms with van der Waals surface area (Å²) >= 11 is 0. The van der Waals surface area contributed by atoms with Crippen LogP contribution in [0.15, 0.2) is 6.07 Å². The predicted molar refractivity (Wildman–Crippen MR) is 71.5 cm³/mol. The molecule has 0 bridgehead atoms. The van der Waals surface area contributed by atoms with Crippen LogP contribution in [0, 0.1) is 19.8 Å². The van der Waals surface area contributed by atoms with E-state index in [4.69, 9.17) is 4.74 Å². The third-order valence-electron chi connectivity index (χ3n) is 3.40. The molecule has 106 valence electrons. The van der Waals surface area contributed by atoms with E-state index in [0.717, 1.165) is 24.4 Å². The van der Waals surface area contributed by atoms with Crippen LogP contribution in [-0.2, 0) is 4.74 Å². The lowest BCUT2D eigenvalue weighted by molar-refractivity contribution is 0.0935. The normalized spacial score (nSPS) is 18.6. The van der Waals surface area contributed by atoms with Gasteiger partial charge in [0.25, 0.3) is 11.7 Å². The number of ether oxygens (including phenoxy) is 1. The van der Waals surface area contributed by atoms with Crippen LogP contribution < -0.4 is 5.32 Å². The lowest BCUT2D eigenvalue weighted by atomic mass is 10.1. The molecule has 1 fully saturated rings. The van der Waals surface area contributed by atoms with Crippen LogP contribution in [0.2, 0.25) is 0 Å². The number of nitrogens with one attached hydrogen (secondary N) is 1. The number of fused-ring (bicyclic) bond motifs is 1. The number of aryl methyl sites for hydroxylation is 2. The van der Waals surface area contributed by atoms with Crippen molar-refractivity contribution in [1.82, 2.24) is 24.9 Å². The Morgan fingerprint density at radius 2 is 2.35 bits per heavy atom. The summed E-state index contributed by atoms with van der Waals surface area (Å²) < 4.78 is 6.86. The Morgan fingerprint density at radius 1 is 1.50 bits per heavy atom. The molecule has 3 rings (SSSR count). The van der Waals surface area contributed by atoms with Gasteiger partial charge in [0.2, 0.25) is 5.82 Å². The summed E-state index contributed by atoms with van der Waals surface area (Å²) in [6.45, 7) is 5.88. The molecule has 0 aromatic carbocycles. The molecule has 2 aromatic heterocycles. The number of carbonyl (C=O) groups excluding carboxylic acids is 1. The van der Waals surface area contributed by atoms with Crippen LogP contribution in [-0.4, -0.2) is 45.2 Å². The number of hydrogen-bond acceptors (Lipinski definition) is 5. The van der Waals surface area contributed by atoms with Gasteiger partial charge in [-0.15, -0.1) is 5.10 Å². The second-order valence-electron chi connectivity index (χ2n) is 5.13. The van der Waals surface area contributed by atoms with Crippen LogP contribution in [0.25, 0.3) is 5.78 Å². The first kappa shape index (κ1) is 13.0. The first-order valence-corrected chi connectivity index (χ1v) is 6.70. The van der Waals surface area contributed by atoms with Gasteiger partial charge >= 0.3 is 0 Å². The molecule has 1 saturated heterocycles. The van der Waals surface area contributed by atoms with Gasteiger partial charge in [-0.05, 0) is 26.3 Å². The zero-order valence-corrected chi connectivity index (χ0v) is 11.6. The molecule has 0 saturated carbocycles. The fourth-order valence-corrected chi connectivity index (χ4v) is 2.32. The molecule has 7 heteroatoms. The zero-order chi connectivity index (χ0) is 14.1. The summed E-state index contributed by atoms with van der Waals surface area (Å²) in [5.41, 5.74) is 1.76. The molecule has 0 unspecified atom stereocenters. The second kappa shape index (κ2) is 5.16. The smallest absolute Gasteiger partial charge is 0.291 e. The Morgan fingerprint density at radius 3 is 3.10 bits per heavy atom. The van der Waals surface area contributed by atoms with Crippen molar-refractivity contribution in [2.45, 2.75) is 20.3 Å². The van der Waals surface area contributed by atoms with Crippen molar-refractivity contribution >= 4 is 11.7 Å². The van der Waals surface area contributed by atoms with Crippen LogP contribution in [0.3, 0.4) is 0 Å². The average molecular weight is 275 g/mol. The van der Waals surface area contributed by atoms with Crippen LogP contribution in [0.4, 0.5) is 0 Å². The number of amides is 1. The molecular formula is C13H17N5O2. The van der Waals surface area contributed by atoms with Gasteiger partial charge in [0, 0.05) is 30.5 Å². The summed E-state index contributed by atoms with van der Waals surface area (Å²) in [7, 11) is 0. The Hall–Kier alpha value is -2.02. The monoisotopic (exact) mass is 275 g/mol. The first-order valence-electron chi connectivity index (χ1n) is 6.70. The fourth-order valence-electron chi connectivity index (χ4n) is 2.32. The lowest BCUT2D eigenvalue weighted by Crippen LogP contribution is -2.30. The number of nitrogens with zero attached hydrogens (tertiary/aromatic N) is 4. The SMILES string of the molecule is Cc1cc(C)n2nc(C(=O)NC[C@@H]3CCOC3)nc2n1. The molecule has 20 heavy (non-hydrogen) atoms. The Bertz CT molecular complexity index is 645. The van der Waals surface area contributed by atoms with Gasteiger partial charge in [-0.2, -0.15) is 4.98 Å². The molecule has 1 atom stereocenters. The Kier molecular flexibility index (Phi) is 3.35. The predicted octanol–water partition coefficient (Wildman–Crippen LogP) is 0.507. The standard InChI is InChI=1S/C13H17N5O2/c1-8-5-9(2)18-13(15-8)16-11(17-18)12(19)14-6-10-3-4-20-7-10/h5,10H,3-4,6-7H2,1-2H3,(H,14,19)/t10-/m0/s1. The third-order valence-corrected chi connectivity index (χ3v) is 3.40. The van der Waals surface area contributed by atoms with Gasteiger partial charge in [0.15, 0.2) is 0 Å². The van der Waals surface area contributed by atoms with Crippen molar-refractivity contribution in [3.05, 3.63) is 23.3 Å². The number of carbonyl (C=O) groups is 1. The van der Waals surface area contributed by atoms with Crippen molar-refractivity contribution in [1.29, 1.82) is 0 Å². The fraction of sp³-hybridized carbons (Fsp3) is 0.538. The highest BCUT2D eigenvalue weighted by Gasteiger charge is 2.19. The molecule has 1 N–H and O–H groups in total. The molecular weight excluding hydrogens is 258 g/mol. The maximum atomic E-state index is 12.0. The van der Waals surface area contributed by atoms with E-state index in [0.29, 0.717) is 24.8 Å². The first-order chi connectivity index (χ1) is 9.63. The van der Waals surface area contributed by atoms with Gasteiger partial charge in [-0.3, -0.25) is 4.79 Å². The topological polar surface area (TPSA) is 81.4 Å². The van der Waals surface area contributed by atoms with E-state index in [-0.39, 0.29) is 11.7 Å². The van der Waals surface area contributed by atoms with E-state index >= 15 is 0 Å². The van der Waals surface area contributed by atoms with E-state index in [2.05, 4.69) is 20.4 Å². The number of aromatic nitrogens is 4. The molecule has 1 amide bonds. The van der Waals surface area contributed by atoms with Crippen LogP contribution in [0.5, 0.6) is 0 Å². The van der Waals surface area contributed by atoms with E-state index < -0.39 is 0 Å². The van der Waals surface area contributed by atoms with Crippen LogP contribution in [0.1, 0.15) is 28.4 Å². The summed E-state index contributed by atoms with van der Waals surface area (Å²) in [5, 5.41) is 7.05. The van der Waals surface area contributed by atoms with Gasteiger partial charge in [-0.1, -0.05) is 0 Å². The average Bonchev–Trinajstić information content (AvgIpc) is 3.04. The van der Waals surface area contributed by atoms with Crippen LogP contribution >= 0.6 is 0 Å². The number of hydrogen-bond donors (Lipinski definition) is 1. The minimum Gasteiger partial charge on any atom is -0.381 e. The van der Waals surface area contributed by atoms with Gasteiger partial charge < -0.3 is 10.1 Å². The Balaban J connectivity index is 1.75. The molecule has 1 aliphatic heterocycles. The maximum absolute atomic E-state index is 12.0. The largest absolute Gasteiger partial charge is 0.381 e. The minimum absolute atomic E-state index is 0.158. The summed E-state index contributed by atoms with van der Waals surface area (Å²) in [6.07, 6.45) is 0.985. The van der Waals surface area contributed by atoms with Crippen molar-refractivity contribution in [2.75, 3.05) is 19.8 Å². The molecule has 7 nitrogen and oxygen atoms in total. The highest BCUT2D eigenvalue weighted by atomic mass is 16.5. The van der Waals surface area contributed by atoms with Gasteiger partial charge in [-0.25, -0.2) is 9.50 Å². The summed E-state index contributed by atoms with van der Waals surface area (Å²) in [6, 6.07) is 1.90. The zero-order valence-electron chi connectivity index (χ0n) is 11.6. The molecule has 0 radical (unpaired) electrons. The molecule has 1 aliphatic rings. The summed E-state index contributed by atoms with van der Waals surface area (Å²) in [4.78, 5) is 20.5. The van der Waals surface area contributed by atoms with Gasteiger partial charge in [0.05, 0.1) is 6.61 Å². The van der Waals surface area contributed by atoms with Gasteiger partial charge in [0.1, 0.15) is 0 Å². The van der Waals surface area contributed by atoms with Crippen molar-refractivity contribution in [3.8, 4) is 0 Å². The Labute approximate surface area is 116 Å². The number of rotatable bonds is 3. The van der Waals surface area contributed by atoms with Crippen molar-refractivity contribution in [3.63, 3.8) is 0 Å². The quantitative estimate of drug-likeness (QED) is 0.882. The highest BCUT2D eigenvalue weighted by molar-refractivity contribution is 5.90. The van der Waals surface area contributed by atoms with E-state index in [1.54, 1.807) is 4.52 Å². The second-order valence-corrected chi connectivity index (χ2v) is 5.13. The van der Waals surface area contributed by atoms with Crippen molar-refractivity contribution in [2.24, 2.45) is 5.92 Å². The minimum atomic E-state index is -0.264. The lowest BCUT2D eigenvalue weighted by Gasteiger charge is -2.07. The molecule has 3 heterocycles. The van der Waals surface area contributed by atoms with E-state index in [1.807, 2.05) is 19.9 Å². The van der Waals surface area contributed by atoms with E-state index in [9.17, 15) is 4.79 Å². The maximum Gasteiger partial charge on any atom is 0.291 e. The highest BCUT2D eigenvalue weighted by Crippen LogP contribution is 2.11. The molecule has 0 aliphatic carbocycles. The third kappa shape index (κ3) is 2.49. The molecule has 0 spiro atoms. The summed E-state index contributed by atoms with van der Waals surface area (Å²) in [5.74, 6) is 0.736. The van der Waals surface area contributed by atoms with Crippen molar-refractivity contribution < 1.29 is 9.53 Å². The van der Waals surface area contributed by atoms with E-state index in [1.165, 1.54) is 0 Å².